The molecule has 1 heterocycles. The fourth-order valence-electron chi connectivity index (χ4n) is 1.37. The van der Waals surface area contributed by atoms with E-state index in [1.807, 2.05) is 17.5 Å². The summed E-state index contributed by atoms with van der Waals surface area (Å²) < 4.78 is 0. The van der Waals surface area contributed by atoms with Crippen LogP contribution in [-0.2, 0) is 17.1 Å². The minimum absolute atomic E-state index is 0. The molecule has 1 aromatic heterocycles. The summed E-state index contributed by atoms with van der Waals surface area (Å²) in [4.78, 5) is 0.671. The van der Waals surface area contributed by atoms with Crippen molar-refractivity contribution in [1.82, 2.24) is 0 Å². The zero-order valence-electron chi connectivity index (χ0n) is 8.80. The fourth-order valence-corrected chi connectivity index (χ4v) is 2.04. The summed E-state index contributed by atoms with van der Waals surface area (Å²) >= 11 is 1.37. The summed E-state index contributed by atoms with van der Waals surface area (Å²) in [6, 6.07) is 12.4. The van der Waals surface area contributed by atoms with Crippen molar-refractivity contribution in [2.45, 2.75) is 6.10 Å². The van der Waals surface area contributed by atoms with Gasteiger partial charge in [-0.25, -0.2) is 0 Å². The summed E-state index contributed by atoms with van der Waals surface area (Å²) in [5, 5.41) is 25.2. The molecule has 1 atom stereocenters. The molecule has 4 heteroatoms. The topological polar surface area (TPSA) is 46.1 Å². The Morgan fingerprint density at radius 1 is 1.12 bits per heavy atom. The van der Waals surface area contributed by atoms with Crippen LogP contribution < -0.4 is 10.2 Å². The summed E-state index contributed by atoms with van der Waals surface area (Å²) in [5.74, 6) is -0.214. The predicted molar refractivity (Wildman–Crippen MR) is 61.5 cm³/mol. The third kappa shape index (κ3) is 3.72. The van der Waals surface area contributed by atoms with E-state index in [9.17, 15) is 10.2 Å². The monoisotopic (exact) mass is 293 g/mol. The van der Waals surface area contributed by atoms with Crippen LogP contribution in [-0.4, -0.2) is 0 Å². The smallest absolute Gasteiger partial charge is 0.872 e. The molecule has 1 unspecified atom stereocenters. The van der Waals surface area contributed by atoms with E-state index in [2.05, 4.69) is 0 Å². The molecule has 0 fully saturated rings. The minimum atomic E-state index is -1.06. The van der Waals surface area contributed by atoms with E-state index >= 15 is 0 Å². The van der Waals surface area contributed by atoms with Crippen molar-refractivity contribution < 1.29 is 27.3 Å². The number of rotatable bonds is 3. The van der Waals surface area contributed by atoms with E-state index in [-0.39, 0.29) is 22.8 Å². The van der Waals surface area contributed by atoms with Gasteiger partial charge in [0.05, 0.1) is 0 Å². The summed E-state index contributed by atoms with van der Waals surface area (Å²) in [5.41, 5.74) is 0.555. The van der Waals surface area contributed by atoms with Crippen LogP contribution in [0.5, 0.6) is 0 Å². The van der Waals surface area contributed by atoms with Gasteiger partial charge in [0.25, 0.3) is 0 Å². The fraction of sp³-hybridized carbons (Fsp3) is 0.0769. The first-order valence-electron chi connectivity index (χ1n) is 4.91. The molecule has 2 rings (SSSR count). The van der Waals surface area contributed by atoms with Crippen LogP contribution in [0.2, 0.25) is 0 Å². The molecule has 1 radical (unpaired) electrons. The standard InChI is InChI=1S/C13H11O2S.Cu/c14-11(10-5-2-1-3-6-10)9-12(15)13-7-4-8-16-13;/h1-9,12,14H;/q-1;+2/p-1/b11-9-;. The molecular formula is C13H10CuO2S. The summed E-state index contributed by atoms with van der Waals surface area (Å²) in [6.07, 6.45) is 0.161. The Labute approximate surface area is 115 Å². The molecule has 0 N–H and O–H groups in total. The van der Waals surface area contributed by atoms with Crippen molar-refractivity contribution in [3.05, 3.63) is 64.4 Å². The third-order valence-corrected chi connectivity index (χ3v) is 3.12. The van der Waals surface area contributed by atoms with Gasteiger partial charge in [0, 0.05) is 0 Å². The molecule has 1 aromatic carbocycles. The van der Waals surface area contributed by atoms with E-state index in [1.54, 1.807) is 30.3 Å². The Kier molecular flexibility index (Phi) is 5.45. The molecule has 0 amide bonds. The first-order valence-corrected chi connectivity index (χ1v) is 5.79. The van der Waals surface area contributed by atoms with Crippen LogP contribution in [0, 0.1) is 0 Å². The molecule has 0 saturated carbocycles. The Morgan fingerprint density at radius 3 is 2.41 bits per heavy atom. The van der Waals surface area contributed by atoms with Gasteiger partial charge >= 0.3 is 17.1 Å². The molecule has 17 heavy (non-hydrogen) atoms. The van der Waals surface area contributed by atoms with E-state index in [0.29, 0.717) is 10.4 Å². The maximum absolute atomic E-state index is 11.7. The van der Waals surface area contributed by atoms with E-state index < -0.39 is 6.10 Å². The van der Waals surface area contributed by atoms with Crippen LogP contribution in [0.1, 0.15) is 16.5 Å². The minimum Gasteiger partial charge on any atom is -0.872 e. The predicted octanol–water partition coefficient (Wildman–Crippen LogP) is 1.55. The van der Waals surface area contributed by atoms with E-state index in [0.717, 1.165) is 0 Å². The van der Waals surface area contributed by atoms with Gasteiger partial charge in [-0.15, -0.1) is 23.2 Å². The van der Waals surface area contributed by atoms with Crippen molar-refractivity contribution in [1.29, 1.82) is 0 Å². The van der Waals surface area contributed by atoms with Gasteiger partial charge < -0.3 is 10.2 Å². The van der Waals surface area contributed by atoms with Gasteiger partial charge in [-0.2, -0.15) is 0 Å². The normalized spacial score (nSPS) is 12.9. The van der Waals surface area contributed by atoms with Crippen LogP contribution >= 0.6 is 11.3 Å². The second-order valence-electron chi connectivity index (χ2n) is 3.33. The van der Waals surface area contributed by atoms with E-state index in [1.165, 1.54) is 17.4 Å². The van der Waals surface area contributed by atoms with Crippen LogP contribution in [0.4, 0.5) is 0 Å². The molecule has 0 aliphatic heterocycles. The SMILES string of the molecule is [Cu+2].[O-]/C(=C\C([O-])c1cccs1)c1ccccc1. The Bertz CT molecular complexity index is 465. The van der Waals surface area contributed by atoms with Crippen molar-refractivity contribution in [3.63, 3.8) is 0 Å². The van der Waals surface area contributed by atoms with Gasteiger partial charge in [-0.05, 0) is 21.9 Å². The molecule has 0 saturated heterocycles. The molecule has 2 nitrogen and oxygen atoms in total. The number of hydrogen-bond acceptors (Lipinski definition) is 3. The molecule has 0 bridgehead atoms. The van der Waals surface area contributed by atoms with Gasteiger partial charge in [-0.3, -0.25) is 0 Å². The molecule has 91 valence electrons. The first kappa shape index (κ1) is 14.0. The largest absolute Gasteiger partial charge is 2.00 e. The average Bonchev–Trinajstić information content (AvgIpc) is 2.83. The van der Waals surface area contributed by atoms with Crippen molar-refractivity contribution >= 4 is 17.1 Å². The van der Waals surface area contributed by atoms with E-state index in [4.69, 9.17) is 0 Å². The zero-order chi connectivity index (χ0) is 11.4. The second kappa shape index (κ2) is 6.62. The summed E-state index contributed by atoms with van der Waals surface area (Å²) in [7, 11) is 0. The van der Waals surface area contributed by atoms with Crippen LogP contribution in [0.3, 0.4) is 0 Å². The molecule has 0 aliphatic rings. The molecule has 0 spiro atoms. The zero-order valence-corrected chi connectivity index (χ0v) is 10.6. The second-order valence-corrected chi connectivity index (χ2v) is 4.31. The maximum Gasteiger partial charge on any atom is 2.00 e. The number of thiophene rings is 1. The maximum atomic E-state index is 11.7. The van der Waals surface area contributed by atoms with Gasteiger partial charge in [0.2, 0.25) is 0 Å². The number of hydrogen-bond donors (Lipinski definition) is 0. The molecule has 0 aliphatic carbocycles. The third-order valence-electron chi connectivity index (χ3n) is 2.18. The van der Waals surface area contributed by atoms with Crippen LogP contribution in [0.25, 0.3) is 5.76 Å². The first-order chi connectivity index (χ1) is 7.77. The Hall–Kier alpha value is -1.06. The van der Waals surface area contributed by atoms with Crippen molar-refractivity contribution in [2.24, 2.45) is 0 Å². The quantitative estimate of drug-likeness (QED) is 0.637. The average molecular weight is 294 g/mol. The Balaban J connectivity index is 0.00000144. The Morgan fingerprint density at radius 2 is 1.82 bits per heavy atom. The van der Waals surface area contributed by atoms with Crippen molar-refractivity contribution in [2.75, 3.05) is 0 Å². The van der Waals surface area contributed by atoms with Gasteiger partial charge in [0.15, 0.2) is 0 Å². The van der Waals surface area contributed by atoms with Crippen molar-refractivity contribution in [3.8, 4) is 0 Å². The number of benzene rings is 1. The van der Waals surface area contributed by atoms with Gasteiger partial charge in [0.1, 0.15) is 0 Å². The molecule has 2 aromatic rings. The van der Waals surface area contributed by atoms with Gasteiger partial charge in [-0.1, -0.05) is 42.5 Å². The summed E-state index contributed by atoms with van der Waals surface area (Å²) in [6.45, 7) is 0. The van der Waals surface area contributed by atoms with Crippen LogP contribution in [0.15, 0.2) is 53.9 Å². The molecular weight excluding hydrogens is 284 g/mol.